The number of methoxy groups -OCH3 is 1. The van der Waals surface area contributed by atoms with E-state index >= 15 is 0 Å². The lowest BCUT2D eigenvalue weighted by atomic mass is 10.1. The molecule has 1 fully saturated rings. The summed E-state index contributed by atoms with van der Waals surface area (Å²) < 4.78 is 24.9. The Hall–Kier alpha value is -3.69. The molecule has 0 aromatic heterocycles. The van der Waals surface area contributed by atoms with Gasteiger partial charge in [0, 0.05) is 5.02 Å². The Labute approximate surface area is 213 Å². The van der Waals surface area contributed by atoms with Crippen LogP contribution < -0.4 is 19.7 Å². The predicted octanol–water partition coefficient (Wildman–Crippen LogP) is 5.50. The van der Waals surface area contributed by atoms with Crippen molar-refractivity contribution in [1.29, 1.82) is 0 Å². The molecule has 178 valence electrons. The average molecular weight is 560 g/mol. The van der Waals surface area contributed by atoms with Crippen LogP contribution >= 0.6 is 27.5 Å². The number of anilines is 1. The zero-order valence-corrected chi connectivity index (χ0v) is 20.5. The molecule has 0 aliphatic carbocycles. The maximum Gasteiger partial charge on any atom is 0.335 e. The van der Waals surface area contributed by atoms with E-state index in [0.717, 1.165) is 10.5 Å². The van der Waals surface area contributed by atoms with Gasteiger partial charge in [0.05, 0.1) is 17.3 Å². The maximum atomic E-state index is 13.1. The summed E-state index contributed by atoms with van der Waals surface area (Å²) in [5, 5.41) is 2.50. The van der Waals surface area contributed by atoms with Crippen molar-refractivity contribution in [3.05, 3.63) is 92.7 Å². The number of rotatable bonds is 6. The molecular formula is C25H17BrClFN2O5. The van der Waals surface area contributed by atoms with Crippen LogP contribution in [0, 0.1) is 5.82 Å². The van der Waals surface area contributed by atoms with Gasteiger partial charge in [0.1, 0.15) is 18.0 Å². The van der Waals surface area contributed by atoms with Crippen LogP contribution in [-0.2, 0) is 16.2 Å². The summed E-state index contributed by atoms with van der Waals surface area (Å²) in [4.78, 5) is 38.8. The molecule has 3 aromatic rings. The number of imide groups is 2. The summed E-state index contributed by atoms with van der Waals surface area (Å²) >= 11 is 9.42. The van der Waals surface area contributed by atoms with Gasteiger partial charge in [-0.1, -0.05) is 29.8 Å². The lowest BCUT2D eigenvalue weighted by molar-refractivity contribution is -0.122. The number of nitrogens with zero attached hydrogens (tertiary/aromatic N) is 1. The van der Waals surface area contributed by atoms with Crippen molar-refractivity contribution >= 4 is 57.1 Å². The number of urea groups is 1. The summed E-state index contributed by atoms with van der Waals surface area (Å²) in [6.45, 7) is 0.160. The summed E-state index contributed by atoms with van der Waals surface area (Å²) in [5.41, 5.74) is 1.17. The van der Waals surface area contributed by atoms with E-state index < -0.39 is 17.8 Å². The van der Waals surface area contributed by atoms with Crippen LogP contribution in [-0.4, -0.2) is 25.0 Å². The van der Waals surface area contributed by atoms with E-state index in [1.165, 1.54) is 37.5 Å². The topological polar surface area (TPSA) is 84.9 Å². The second-order valence-corrected chi connectivity index (χ2v) is 8.68. The lowest BCUT2D eigenvalue weighted by Gasteiger charge is -2.26. The highest BCUT2D eigenvalue weighted by Gasteiger charge is 2.37. The summed E-state index contributed by atoms with van der Waals surface area (Å²) in [6, 6.07) is 14.4. The number of carbonyl (C=O) groups is 3. The minimum absolute atomic E-state index is 0.160. The van der Waals surface area contributed by atoms with E-state index in [1.54, 1.807) is 36.4 Å². The Morgan fingerprint density at radius 1 is 1.09 bits per heavy atom. The van der Waals surface area contributed by atoms with E-state index in [9.17, 15) is 18.8 Å². The zero-order chi connectivity index (χ0) is 25.1. The molecule has 1 saturated heterocycles. The number of barbiturate groups is 1. The third-order valence-electron chi connectivity index (χ3n) is 5.03. The Bertz CT molecular complexity index is 1360. The largest absolute Gasteiger partial charge is 0.493 e. The molecule has 10 heteroatoms. The summed E-state index contributed by atoms with van der Waals surface area (Å²) in [5.74, 6) is -1.26. The van der Waals surface area contributed by atoms with Crippen LogP contribution in [0.3, 0.4) is 0 Å². The van der Waals surface area contributed by atoms with Gasteiger partial charge in [0.25, 0.3) is 11.8 Å². The molecule has 0 unspecified atom stereocenters. The van der Waals surface area contributed by atoms with Crippen LogP contribution in [0.25, 0.3) is 6.08 Å². The van der Waals surface area contributed by atoms with E-state index in [2.05, 4.69) is 21.2 Å². The quantitative estimate of drug-likeness (QED) is 0.319. The maximum absolute atomic E-state index is 13.1. The SMILES string of the molecule is COc1cc(/C=C2\C(=O)NC(=O)N(c3cccc(Cl)c3)C2=O)cc(Br)c1OCc1ccc(F)cc1. The van der Waals surface area contributed by atoms with Crippen molar-refractivity contribution in [1.82, 2.24) is 5.32 Å². The molecule has 35 heavy (non-hydrogen) atoms. The monoisotopic (exact) mass is 558 g/mol. The van der Waals surface area contributed by atoms with E-state index in [-0.39, 0.29) is 23.7 Å². The molecule has 4 amide bonds. The molecule has 0 radical (unpaired) electrons. The van der Waals surface area contributed by atoms with Crippen molar-refractivity contribution in [2.75, 3.05) is 12.0 Å². The van der Waals surface area contributed by atoms with Crippen LogP contribution in [0.1, 0.15) is 11.1 Å². The molecule has 4 rings (SSSR count). The molecule has 0 saturated carbocycles. The molecule has 1 aliphatic rings. The number of ether oxygens (including phenoxy) is 2. The highest BCUT2D eigenvalue weighted by Crippen LogP contribution is 2.38. The molecule has 7 nitrogen and oxygen atoms in total. The third kappa shape index (κ3) is 5.36. The second-order valence-electron chi connectivity index (χ2n) is 7.39. The number of amides is 4. The lowest BCUT2D eigenvalue weighted by Crippen LogP contribution is -2.54. The summed E-state index contributed by atoms with van der Waals surface area (Å²) in [6.07, 6.45) is 1.35. The van der Waals surface area contributed by atoms with E-state index in [1.807, 2.05) is 0 Å². The van der Waals surface area contributed by atoms with Crippen LogP contribution in [0.4, 0.5) is 14.9 Å². The Kier molecular flexibility index (Phi) is 7.18. The molecular weight excluding hydrogens is 543 g/mol. The van der Waals surface area contributed by atoms with Gasteiger partial charge >= 0.3 is 6.03 Å². The fraction of sp³-hybridized carbons (Fsp3) is 0.0800. The van der Waals surface area contributed by atoms with Gasteiger partial charge < -0.3 is 9.47 Å². The Morgan fingerprint density at radius 2 is 1.83 bits per heavy atom. The van der Waals surface area contributed by atoms with Gasteiger partial charge in [-0.2, -0.15) is 0 Å². The van der Waals surface area contributed by atoms with Crippen molar-refractivity contribution in [3.8, 4) is 11.5 Å². The number of halogens is 3. The minimum Gasteiger partial charge on any atom is -0.493 e. The van der Waals surface area contributed by atoms with Gasteiger partial charge in [-0.05, 0) is 75.6 Å². The number of hydrogen-bond acceptors (Lipinski definition) is 5. The van der Waals surface area contributed by atoms with Crippen LogP contribution in [0.2, 0.25) is 5.02 Å². The molecule has 1 aliphatic heterocycles. The zero-order valence-electron chi connectivity index (χ0n) is 18.2. The smallest absolute Gasteiger partial charge is 0.335 e. The number of nitrogens with one attached hydrogen (secondary N) is 1. The van der Waals surface area contributed by atoms with Gasteiger partial charge in [-0.3, -0.25) is 14.9 Å². The van der Waals surface area contributed by atoms with Gasteiger partial charge in [-0.15, -0.1) is 0 Å². The van der Waals surface area contributed by atoms with Crippen molar-refractivity contribution in [3.63, 3.8) is 0 Å². The normalized spacial score (nSPS) is 14.8. The Morgan fingerprint density at radius 3 is 2.51 bits per heavy atom. The number of hydrogen-bond donors (Lipinski definition) is 1. The van der Waals surface area contributed by atoms with Crippen molar-refractivity contribution in [2.24, 2.45) is 0 Å². The molecule has 0 bridgehead atoms. The third-order valence-corrected chi connectivity index (χ3v) is 5.85. The molecule has 0 spiro atoms. The first-order chi connectivity index (χ1) is 16.8. The highest BCUT2D eigenvalue weighted by molar-refractivity contribution is 9.10. The fourth-order valence-electron chi connectivity index (χ4n) is 3.37. The van der Waals surface area contributed by atoms with Gasteiger partial charge in [0.15, 0.2) is 11.5 Å². The van der Waals surface area contributed by atoms with Crippen molar-refractivity contribution in [2.45, 2.75) is 6.61 Å². The van der Waals surface area contributed by atoms with Crippen LogP contribution in [0.5, 0.6) is 11.5 Å². The van der Waals surface area contributed by atoms with Crippen molar-refractivity contribution < 1.29 is 28.2 Å². The minimum atomic E-state index is -0.872. The van der Waals surface area contributed by atoms with E-state index in [4.69, 9.17) is 21.1 Å². The molecule has 0 atom stereocenters. The number of carbonyl (C=O) groups excluding carboxylic acids is 3. The van der Waals surface area contributed by atoms with Gasteiger partial charge in [-0.25, -0.2) is 14.1 Å². The first-order valence-corrected chi connectivity index (χ1v) is 11.4. The highest BCUT2D eigenvalue weighted by atomic mass is 79.9. The number of benzene rings is 3. The molecule has 3 aromatic carbocycles. The standard InChI is InChI=1S/C25H17BrClFN2O5/c1-34-21-11-15(10-20(26)22(21)35-13-14-5-7-17(28)8-6-14)9-19-23(31)29-25(33)30(24(19)32)18-4-2-3-16(27)12-18/h2-12H,13H2,1H3,(H,29,31,33)/b19-9+. The second kappa shape index (κ2) is 10.3. The molecule has 1 heterocycles. The Balaban J connectivity index is 1.64. The average Bonchev–Trinajstić information content (AvgIpc) is 2.82. The van der Waals surface area contributed by atoms with E-state index in [0.29, 0.717) is 26.6 Å². The first-order valence-electron chi connectivity index (χ1n) is 10.2. The van der Waals surface area contributed by atoms with Gasteiger partial charge in [0.2, 0.25) is 0 Å². The van der Waals surface area contributed by atoms with Crippen LogP contribution in [0.15, 0.2) is 70.7 Å². The predicted molar refractivity (Wildman–Crippen MR) is 132 cm³/mol. The summed E-state index contributed by atoms with van der Waals surface area (Å²) in [7, 11) is 1.45. The fourth-order valence-corrected chi connectivity index (χ4v) is 4.13. The first kappa shape index (κ1) is 24.4. The molecule has 1 N–H and O–H groups in total.